The molecular formula is C37H41N2+. The molecule has 0 spiro atoms. The van der Waals surface area contributed by atoms with Crippen molar-refractivity contribution in [3.63, 3.8) is 0 Å². The molecule has 0 amide bonds. The number of aromatic nitrogens is 2. The quantitative estimate of drug-likeness (QED) is 0.173. The lowest BCUT2D eigenvalue weighted by atomic mass is 10.0. The SMILES string of the molecule is CCC(C)=C(C)C.Cc1ccccc1-c1ccc(-c2ccccc2)c[n+]1C.c1ccc(-c2ccccn2)cc1. The predicted octanol–water partition coefficient (Wildman–Crippen LogP) is 9.65. The minimum Gasteiger partial charge on any atom is -0.256 e. The van der Waals surface area contributed by atoms with Gasteiger partial charge in [0.05, 0.1) is 5.69 Å². The van der Waals surface area contributed by atoms with Gasteiger partial charge in [0.25, 0.3) is 0 Å². The van der Waals surface area contributed by atoms with Crippen LogP contribution >= 0.6 is 0 Å². The fourth-order valence-corrected chi connectivity index (χ4v) is 4.04. The topological polar surface area (TPSA) is 16.8 Å². The van der Waals surface area contributed by atoms with Crippen LogP contribution in [0.1, 0.15) is 39.7 Å². The van der Waals surface area contributed by atoms with Crippen LogP contribution in [0.4, 0.5) is 0 Å². The average molecular weight is 514 g/mol. The van der Waals surface area contributed by atoms with Gasteiger partial charge in [-0.15, -0.1) is 0 Å². The highest BCUT2D eigenvalue weighted by Gasteiger charge is 2.13. The lowest BCUT2D eigenvalue weighted by Crippen LogP contribution is -2.30. The molecule has 0 saturated carbocycles. The molecule has 0 aliphatic carbocycles. The smallest absolute Gasteiger partial charge is 0.212 e. The summed E-state index contributed by atoms with van der Waals surface area (Å²) in [7, 11) is 2.11. The van der Waals surface area contributed by atoms with Crippen molar-refractivity contribution < 1.29 is 4.57 Å². The Bertz CT molecular complexity index is 1410. The van der Waals surface area contributed by atoms with E-state index >= 15 is 0 Å². The summed E-state index contributed by atoms with van der Waals surface area (Å²) in [5.41, 5.74) is 11.5. The zero-order valence-corrected chi connectivity index (χ0v) is 24.2. The maximum atomic E-state index is 4.25. The molecule has 5 aromatic rings. The second-order valence-corrected chi connectivity index (χ2v) is 9.81. The fourth-order valence-electron chi connectivity index (χ4n) is 4.04. The number of hydrogen-bond acceptors (Lipinski definition) is 1. The van der Waals surface area contributed by atoms with Crippen molar-refractivity contribution in [3.8, 4) is 33.6 Å². The molecule has 0 saturated heterocycles. The van der Waals surface area contributed by atoms with Gasteiger partial charge < -0.3 is 0 Å². The van der Waals surface area contributed by atoms with Gasteiger partial charge in [-0.1, -0.05) is 103 Å². The van der Waals surface area contributed by atoms with E-state index in [0.717, 1.165) is 11.3 Å². The van der Waals surface area contributed by atoms with Gasteiger partial charge >= 0.3 is 0 Å². The molecule has 2 nitrogen and oxygen atoms in total. The second kappa shape index (κ2) is 15.2. The molecule has 0 fully saturated rings. The highest BCUT2D eigenvalue weighted by atomic mass is 14.9. The molecule has 198 valence electrons. The molecule has 0 aliphatic heterocycles. The maximum absolute atomic E-state index is 4.25. The molecule has 0 aliphatic rings. The molecular weight excluding hydrogens is 472 g/mol. The summed E-state index contributed by atoms with van der Waals surface area (Å²) < 4.78 is 2.20. The Morgan fingerprint density at radius 2 is 1.23 bits per heavy atom. The number of allylic oxidation sites excluding steroid dienone is 2. The van der Waals surface area contributed by atoms with Gasteiger partial charge in [-0.3, -0.25) is 4.98 Å². The molecule has 5 rings (SSSR count). The minimum absolute atomic E-state index is 1.03. The van der Waals surface area contributed by atoms with Crippen LogP contribution in [-0.4, -0.2) is 4.98 Å². The van der Waals surface area contributed by atoms with E-state index in [4.69, 9.17) is 0 Å². The minimum atomic E-state index is 1.03. The summed E-state index contributed by atoms with van der Waals surface area (Å²) in [5.74, 6) is 0. The van der Waals surface area contributed by atoms with E-state index in [-0.39, 0.29) is 0 Å². The summed E-state index contributed by atoms with van der Waals surface area (Å²) in [6.45, 7) is 10.8. The molecule has 0 bridgehead atoms. The van der Waals surface area contributed by atoms with Crippen LogP contribution in [0.2, 0.25) is 0 Å². The number of hydrogen-bond donors (Lipinski definition) is 0. The van der Waals surface area contributed by atoms with Crippen molar-refractivity contribution >= 4 is 0 Å². The highest BCUT2D eigenvalue weighted by Crippen LogP contribution is 2.23. The number of nitrogens with zero attached hydrogens (tertiary/aromatic N) is 2. The van der Waals surface area contributed by atoms with Gasteiger partial charge in [0.2, 0.25) is 5.69 Å². The predicted molar refractivity (Wildman–Crippen MR) is 167 cm³/mol. The first-order valence-electron chi connectivity index (χ1n) is 13.6. The Morgan fingerprint density at radius 3 is 1.74 bits per heavy atom. The zero-order valence-electron chi connectivity index (χ0n) is 24.2. The second-order valence-electron chi connectivity index (χ2n) is 9.81. The van der Waals surface area contributed by atoms with E-state index < -0.39 is 0 Å². The molecule has 0 atom stereocenters. The Balaban J connectivity index is 0.000000187. The Kier molecular flexibility index (Phi) is 11.4. The Morgan fingerprint density at radius 1 is 0.641 bits per heavy atom. The monoisotopic (exact) mass is 513 g/mol. The van der Waals surface area contributed by atoms with Gasteiger partial charge in [0, 0.05) is 29.0 Å². The molecule has 0 unspecified atom stereocenters. The van der Waals surface area contributed by atoms with Crippen LogP contribution in [0.5, 0.6) is 0 Å². The van der Waals surface area contributed by atoms with Crippen LogP contribution in [0.3, 0.4) is 0 Å². The number of aryl methyl sites for hydroxylation is 2. The van der Waals surface area contributed by atoms with E-state index in [1.165, 1.54) is 45.5 Å². The van der Waals surface area contributed by atoms with Crippen molar-refractivity contribution in [2.75, 3.05) is 0 Å². The number of benzene rings is 3. The summed E-state index contributed by atoms with van der Waals surface area (Å²) in [4.78, 5) is 4.25. The zero-order chi connectivity index (χ0) is 28.0. The lowest BCUT2D eigenvalue weighted by Gasteiger charge is -2.06. The molecule has 2 heteroatoms. The van der Waals surface area contributed by atoms with Crippen molar-refractivity contribution in [2.45, 2.75) is 41.0 Å². The fraction of sp³-hybridized carbons (Fsp3) is 0.189. The first-order valence-corrected chi connectivity index (χ1v) is 13.6. The summed E-state index contributed by atoms with van der Waals surface area (Å²) in [5, 5.41) is 0. The van der Waals surface area contributed by atoms with Crippen molar-refractivity contribution in [1.29, 1.82) is 0 Å². The van der Waals surface area contributed by atoms with Gasteiger partial charge in [-0.2, -0.15) is 0 Å². The van der Waals surface area contributed by atoms with Crippen molar-refractivity contribution in [1.82, 2.24) is 4.98 Å². The van der Waals surface area contributed by atoms with Crippen LogP contribution < -0.4 is 4.57 Å². The van der Waals surface area contributed by atoms with E-state index in [0.29, 0.717) is 0 Å². The lowest BCUT2D eigenvalue weighted by molar-refractivity contribution is -0.659. The third-order valence-corrected chi connectivity index (χ3v) is 6.78. The van der Waals surface area contributed by atoms with Gasteiger partial charge in [0.1, 0.15) is 7.05 Å². The molecule has 2 aromatic heterocycles. The molecule has 3 aromatic carbocycles. The molecule has 0 N–H and O–H groups in total. The summed E-state index contributed by atoms with van der Waals surface area (Å²) in [6.07, 6.45) is 5.20. The third kappa shape index (κ3) is 8.90. The van der Waals surface area contributed by atoms with Crippen LogP contribution in [0.25, 0.3) is 33.6 Å². The maximum Gasteiger partial charge on any atom is 0.212 e. The Hall–Kier alpha value is -4.30. The Labute approximate surface area is 235 Å². The third-order valence-electron chi connectivity index (χ3n) is 6.78. The molecule has 0 radical (unpaired) electrons. The van der Waals surface area contributed by atoms with Crippen molar-refractivity contribution in [3.05, 3.63) is 144 Å². The van der Waals surface area contributed by atoms with E-state index in [2.05, 4.69) is 130 Å². The standard InChI is InChI=1S/C19H18N.C11H9N.C7H14/c1-15-8-6-7-11-18(15)19-13-12-17(14-20(19)2)16-9-4-3-5-10-16;1-2-6-10(7-3-1)11-8-4-5-9-12-11;1-5-7(4)6(2)3/h3-14H,1-2H3;1-9H;5H2,1-4H3/q+1;;. The number of pyridine rings is 2. The van der Waals surface area contributed by atoms with Gasteiger partial charge in [0.15, 0.2) is 6.20 Å². The van der Waals surface area contributed by atoms with Gasteiger partial charge in [-0.05, 0) is 69.5 Å². The molecule has 39 heavy (non-hydrogen) atoms. The van der Waals surface area contributed by atoms with Crippen LogP contribution in [0, 0.1) is 6.92 Å². The highest BCUT2D eigenvalue weighted by molar-refractivity contribution is 5.66. The number of rotatable bonds is 4. The van der Waals surface area contributed by atoms with Gasteiger partial charge in [-0.25, -0.2) is 4.57 Å². The average Bonchev–Trinajstić information content (AvgIpc) is 2.99. The first kappa shape index (κ1) is 29.3. The van der Waals surface area contributed by atoms with E-state index in [9.17, 15) is 0 Å². The summed E-state index contributed by atoms with van der Waals surface area (Å²) in [6, 6.07) is 39.5. The normalized spacial score (nSPS) is 9.90. The van der Waals surface area contributed by atoms with Crippen molar-refractivity contribution in [2.24, 2.45) is 7.05 Å². The van der Waals surface area contributed by atoms with E-state index in [1.54, 1.807) is 0 Å². The summed E-state index contributed by atoms with van der Waals surface area (Å²) >= 11 is 0. The van der Waals surface area contributed by atoms with E-state index in [1.807, 2.05) is 48.7 Å². The molecule has 2 heterocycles. The van der Waals surface area contributed by atoms with Crippen LogP contribution in [-0.2, 0) is 7.05 Å². The van der Waals surface area contributed by atoms with Crippen LogP contribution in [0.15, 0.2) is 139 Å². The largest absolute Gasteiger partial charge is 0.256 e. The first-order chi connectivity index (χ1) is 18.9.